The standard InChI is InChI=1S/C25H20ClFN2O/c26-17-11-9-15(10-12-17)16-13-22-24(23(30)14-16)25(18-5-1-2-6-19(18)27)29-21-8-4-3-7-20(21)28-22/h1-12,16,25,28-29H,13-14H2/t16-,25-/m0/s1. The summed E-state index contributed by atoms with van der Waals surface area (Å²) in [5.74, 6) is -0.251. The molecule has 1 heterocycles. The monoisotopic (exact) mass is 418 g/mol. The fourth-order valence-electron chi connectivity index (χ4n) is 4.41. The molecule has 3 nitrogen and oxygen atoms in total. The Morgan fingerprint density at radius 2 is 1.57 bits per heavy atom. The molecule has 5 heteroatoms. The molecule has 0 amide bonds. The topological polar surface area (TPSA) is 41.1 Å². The van der Waals surface area contributed by atoms with Crippen LogP contribution in [0.4, 0.5) is 15.8 Å². The minimum atomic E-state index is -0.545. The molecule has 0 spiro atoms. The van der Waals surface area contributed by atoms with Gasteiger partial charge < -0.3 is 10.6 Å². The highest BCUT2D eigenvalue weighted by Gasteiger charge is 2.36. The van der Waals surface area contributed by atoms with Crippen molar-refractivity contribution in [1.82, 2.24) is 0 Å². The van der Waals surface area contributed by atoms with Crippen molar-refractivity contribution in [2.45, 2.75) is 24.8 Å². The van der Waals surface area contributed by atoms with Gasteiger partial charge >= 0.3 is 0 Å². The summed E-state index contributed by atoms with van der Waals surface area (Å²) in [5.41, 5.74) is 4.73. The molecule has 1 aliphatic heterocycles. The number of benzene rings is 3. The predicted molar refractivity (Wildman–Crippen MR) is 118 cm³/mol. The van der Waals surface area contributed by atoms with E-state index in [0.717, 1.165) is 22.6 Å². The number of hydrogen-bond acceptors (Lipinski definition) is 3. The number of rotatable bonds is 2. The number of para-hydroxylation sites is 2. The summed E-state index contributed by atoms with van der Waals surface area (Å²) in [6.07, 6.45) is 1.05. The summed E-state index contributed by atoms with van der Waals surface area (Å²) in [7, 11) is 0. The first-order chi connectivity index (χ1) is 14.6. The highest BCUT2D eigenvalue weighted by molar-refractivity contribution is 6.30. The molecule has 2 aliphatic rings. The van der Waals surface area contributed by atoms with Crippen molar-refractivity contribution in [3.05, 3.63) is 106 Å². The molecule has 2 atom stereocenters. The Bertz CT molecular complexity index is 1160. The number of halogens is 2. The molecular formula is C25H20ClFN2O. The lowest BCUT2D eigenvalue weighted by molar-refractivity contribution is -0.116. The Kier molecular flexibility index (Phi) is 4.80. The number of fused-ring (bicyclic) bond motifs is 1. The lowest BCUT2D eigenvalue weighted by Gasteiger charge is -2.30. The van der Waals surface area contributed by atoms with Crippen LogP contribution in [0.1, 0.15) is 35.9 Å². The molecule has 0 bridgehead atoms. The summed E-state index contributed by atoms with van der Waals surface area (Å²) in [5, 5.41) is 7.55. The molecule has 150 valence electrons. The summed E-state index contributed by atoms with van der Waals surface area (Å²) in [6.45, 7) is 0. The molecule has 2 N–H and O–H groups in total. The molecule has 3 aromatic rings. The van der Waals surface area contributed by atoms with Gasteiger partial charge in [-0.15, -0.1) is 0 Å². The maximum atomic E-state index is 14.7. The van der Waals surface area contributed by atoms with Gasteiger partial charge in [0.1, 0.15) is 5.82 Å². The van der Waals surface area contributed by atoms with Crippen molar-refractivity contribution in [2.24, 2.45) is 0 Å². The van der Waals surface area contributed by atoms with E-state index < -0.39 is 6.04 Å². The van der Waals surface area contributed by atoms with Crippen LogP contribution in [0.5, 0.6) is 0 Å². The van der Waals surface area contributed by atoms with Gasteiger partial charge in [0.25, 0.3) is 0 Å². The third-order valence-electron chi connectivity index (χ3n) is 5.87. The van der Waals surface area contributed by atoms with E-state index in [2.05, 4.69) is 10.6 Å². The van der Waals surface area contributed by atoms with Crippen LogP contribution in [-0.2, 0) is 4.79 Å². The molecule has 0 unspecified atom stereocenters. The maximum Gasteiger partial charge on any atom is 0.163 e. The van der Waals surface area contributed by atoms with Gasteiger partial charge in [0, 0.05) is 28.3 Å². The first-order valence-corrected chi connectivity index (χ1v) is 10.4. The van der Waals surface area contributed by atoms with Gasteiger partial charge in [-0.2, -0.15) is 0 Å². The van der Waals surface area contributed by atoms with Gasteiger partial charge in [-0.05, 0) is 48.2 Å². The fourth-order valence-corrected chi connectivity index (χ4v) is 4.53. The van der Waals surface area contributed by atoms with Gasteiger partial charge in [0.15, 0.2) is 5.78 Å². The zero-order valence-electron chi connectivity index (χ0n) is 16.2. The van der Waals surface area contributed by atoms with Crippen LogP contribution in [0, 0.1) is 5.82 Å². The van der Waals surface area contributed by atoms with Crippen LogP contribution in [-0.4, -0.2) is 5.78 Å². The minimum absolute atomic E-state index is 0.0252. The highest BCUT2D eigenvalue weighted by Crippen LogP contribution is 2.44. The van der Waals surface area contributed by atoms with Gasteiger partial charge in [-0.1, -0.05) is 54.1 Å². The van der Waals surface area contributed by atoms with E-state index in [0.29, 0.717) is 29.0 Å². The lowest BCUT2D eigenvalue weighted by atomic mass is 9.78. The molecule has 0 saturated carbocycles. The number of ketones is 1. The average Bonchev–Trinajstić information content (AvgIpc) is 2.91. The number of Topliss-reactive ketones (excluding diaryl/α,β-unsaturated/α-hetero) is 1. The van der Waals surface area contributed by atoms with Crippen molar-refractivity contribution >= 4 is 28.8 Å². The van der Waals surface area contributed by atoms with Gasteiger partial charge in [0.2, 0.25) is 0 Å². The highest BCUT2D eigenvalue weighted by atomic mass is 35.5. The number of allylic oxidation sites excluding steroid dienone is 1. The smallest absolute Gasteiger partial charge is 0.163 e. The van der Waals surface area contributed by atoms with Crippen molar-refractivity contribution in [1.29, 1.82) is 0 Å². The van der Waals surface area contributed by atoms with Crippen LogP contribution in [0.2, 0.25) is 5.02 Å². The number of hydrogen-bond donors (Lipinski definition) is 2. The SMILES string of the molecule is O=C1C[C@@H](c2ccc(Cl)cc2)CC2=C1[C@H](c1ccccc1F)Nc1ccccc1N2. The summed E-state index contributed by atoms with van der Waals surface area (Å²) in [4.78, 5) is 13.4. The fraction of sp³-hybridized carbons (Fsp3) is 0.160. The van der Waals surface area contributed by atoms with Crippen LogP contribution in [0.15, 0.2) is 84.1 Å². The number of nitrogens with one attached hydrogen (secondary N) is 2. The van der Waals surface area contributed by atoms with E-state index in [1.807, 2.05) is 48.5 Å². The van der Waals surface area contributed by atoms with Crippen molar-refractivity contribution in [3.63, 3.8) is 0 Å². The molecule has 0 radical (unpaired) electrons. The molecule has 30 heavy (non-hydrogen) atoms. The first kappa shape index (κ1) is 18.9. The zero-order valence-corrected chi connectivity index (χ0v) is 16.9. The Morgan fingerprint density at radius 3 is 2.33 bits per heavy atom. The lowest BCUT2D eigenvalue weighted by Crippen LogP contribution is -2.27. The van der Waals surface area contributed by atoms with Gasteiger partial charge in [-0.3, -0.25) is 4.79 Å². The molecule has 0 aromatic heterocycles. The molecule has 1 aliphatic carbocycles. The molecule has 0 fully saturated rings. The number of anilines is 2. The molecule has 0 saturated heterocycles. The van der Waals surface area contributed by atoms with Crippen LogP contribution < -0.4 is 10.6 Å². The van der Waals surface area contributed by atoms with E-state index in [4.69, 9.17) is 11.6 Å². The van der Waals surface area contributed by atoms with E-state index in [9.17, 15) is 9.18 Å². The second-order valence-corrected chi connectivity index (χ2v) is 8.18. The average molecular weight is 419 g/mol. The predicted octanol–water partition coefficient (Wildman–Crippen LogP) is 6.46. The Morgan fingerprint density at radius 1 is 0.867 bits per heavy atom. The van der Waals surface area contributed by atoms with Crippen molar-refractivity contribution < 1.29 is 9.18 Å². The third-order valence-corrected chi connectivity index (χ3v) is 6.12. The Hall–Kier alpha value is -3.11. The quantitative estimate of drug-likeness (QED) is 0.501. The van der Waals surface area contributed by atoms with E-state index in [-0.39, 0.29) is 17.5 Å². The summed E-state index contributed by atoms with van der Waals surface area (Å²) in [6, 6.07) is 21.5. The third kappa shape index (κ3) is 3.37. The molecule has 5 rings (SSSR count). The second kappa shape index (κ2) is 7.62. The number of carbonyl (C=O) groups excluding carboxylic acids is 1. The first-order valence-electron chi connectivity index (χ1n) is 9.99. The van der Waals surface area contributed by atoms with E-state index >= 15 is 0 Å². The van der Waals surface area contributed by atoms with Crippen molar-refractivity contribution in [2.75, 3.05) is 10.6 Å². The van der Waals surface area contributed by atoms with Crippen molar-refractivity contribution in [3.8, 4) is 0 Å². The van der Waals surface area contributed by atoms with E-state index in [1.54, 1.807) is 18.2 Å². The van der Waals surface area contributed by atoms with Gasteiger partial charge in [0.05, 0.1) is 17.4 Å². The largest absolute Gasteiger partial charge is 0.372 e. The maximum absolute atomic E-state index is 14.7. The normalized spacial score (nSPS) is 20.5. The van der Waals surface area contributed by atoms with Gasteiger partial charge in [-0.25, -0.2) is 4.39 Å². The Balaban J connectivity index is 1.62. The molecule has 3 aromatic carbocycles. The van der Waals surface area contributed by atoms with Crippen LogP contribution in [0.3, 0.4) is 0 Å². The van der Waals surface area contributed by atoms with Crippen LogP contribution >= 0.6 is 11.6 Å². The summed E-state index contributed by atoms with van der Waals surface area (Å²) >= 11 is 6.04. The molecular weight excluding hydrogens is 399 g/mol. The zero-order chi connectivity index (χ0) is 20.7. The van der Waals surface area contributed by atoms with E-state index in [1.165, 1.54) is 6.07 Å². The minimum Gasteiger partial charge on any atom is -0.372 e. The Labute approximate surface area is 179 Å². The summed E-state index contributed by atoms with van der Waals surface area (Å²) < 4.78 is 14.7. The number of carbonyl (C=O) groups is 1. The second-order valence-electron chi connectivity index (χ2n) is 7.74. The van der Waals surface area contributed by atoms with Crippen LogP contribution in [0.25, 0.3) is 0 Å².